The van der Waals surface area contributed by atoms with Crippen molar-refractivity contribution in [3.8, 4) is 0 Å². The van der Waals surface area contributed by atoms with E-state index in [1.165, 1.54) is 57.9 Å². The van der Waals surface area contributed by atoms with Gasteiger partial charge in [0, 0.05) is 0 Å². The van der Waals surface area contributed by atoms with E-state index in [4.69, 9.17) is 0 Å². The van der Waals surface area contributed by atoms with E-state index in [1.54, 1.807) is 0 Å². The van der Waals surface area contributed by atoms with E-state index in [0.29, 0.717) is 0 Å². The Morgan fingerprint density at radius 3 is 2.33 bits per heavy atom. The molecule has 1 heteroatoms. The number of nitrogens with one attached hydrogen (secondary N) is 1. The summed E-state index contributed by atoms with van der Waals surface area (Å²) in [6.45, 7) is 4.67. The first-order valence-electron chi connectivity index (χ1n) is 7.12. The molecule has 2 aliphatic rings. The third-order valence-corrected chi connectivity index (χ3v) is 4.63. The van der Waals surface area contributed by atoms with Gasteiger partial charge in [-0.3, -0.25) is 0 Å². The molecule has 0 aromatic rings. The zero-order valence-electron chi connectivity index (χ0n) is 10.3. The molecule has 2 unspecified atom stereocenters. The smallest absolute Gasteiger partial charge is 0.00179 e. The summed E-state index contributed by atoms with van der Waals surface area (Å²) in [6.07, 6.45) is 12.1. The quantitative estimate of drug-likeness (QED) is 0.746. The zero-order valence-corrected chi connectivity index (χ0v) is 10.3. The second-order valence-electron chi connectivity index (χ2n) is 5.56. The van der Waals surface area contributed by atoms with E-state index in [-0.39, 0.29) is 0 Å². The van der Waals surface area contributed by atoms with Crippen LogP contribution in [0.3, 0.4) is 0 Å². The van der Waals surface area contributed by atoms with Crippen molar-refractivity contribution in [2.45, 2.75) is 58.3 Å². The molecule has 1 nitrogen and oxygen atoms in total. The second kappa shape index (κ2) is 5.89. The molecule has 2 atom stereocenters. The molecule has 0 saturated heterocycles. The predicted octanol–water partition coefficient (Wildman–Crippen LogP) is 3.59. The molecule has 0 aromatic heterocycles. The summed E-state index contributed by atoms with van der Waals surface area (Å²) in [4.78, 5) is 0. The highest BCUT2D eigenvalue weighted by atomic mass is 14.8. The molecule has 0 radical (unpaired) electrons. The van der Waals surface area contributed by atoms with E-state index >= 15 is 0 Å². The highest BCUT2D eigenvalue weighted by Crippen LogP contribution is 2.42. The zero-order chi connectivity index (χ0) is 10.5. The van der Waals surface area contributed by atoms with Crippen LogP contribution in [-0.2, 0) is 0 Å². The number of hydrogen-bond acceptors (Lipinski definition) is 1. The summed E-state index contributed by atoms with van der Waals surface area (Å²) < 4.78 is 0. The lowest BCUT2D eigenvalue weighted by atomic mass is 9.72. The second-order valence-corrected chi connectivity index (χ2v) is 5.56. The summed E-state index contributed by atoms with van der Waals surface area (Å²) in [6, 6.07) is 0. The molecule has 2 aliphatic carbocycles. The molecule has 88 valence electrons. The van der Waals surface area contributed by atoms with Crippen LogP contribution in [0.2, 0.25) is 0 Å². The summed E-state index contributed by atoms with van der Waals surface area (Å²) in [5.74, 6) is 3.16. The molecular formula is C14H27N. The number of rotatable bonds is 4. The maximum atomic E-state index is 3.57. The van der Waals surface area contributed by atoms with E-state index in [9.17, 15) is 0 Å². The highest BCUT2D eigenvalue weighted by Gasteiger charge is 2.32. The lowest BCUT2D eigenvalue weighted by molar-refractivity contribution is 0.160. The maximum Gasteiger partial charge on any atom is -0.00179 e. The Hall–Kier alpha value is -0.0400. The fourth-order valence-electron chi connectivity index (χ4n) is 3.83. The minimum Gasteiger partial charge on any atom is -0.317 e. The van der Waals surface area contributed by atoms with Gasteiger partial charge < -0.3 is 5.32 Å². The van der Waals surface area contributed by atoms with Crippen molar-refractivity contribution in [3.05, 3.63) is 0 Å². The van der Waals surface area contributed by atoms with Gasteiger partial charge in [0.2, 0.25) is 0 Å². The Balaban J connectivity index is 1.86. The topological polar surface area (TPSA) is 12.0 Å². The standard InChI is InChI=1S/C14H27N/c1-2-15-11-13-9-5-6-10-14(13)12-7-3-4-8-12/h12-15H,2-11H2,1H3. The van der Waals surface area contributed by atoms with Crippen LogP contribution < -0.4 is 5.32 Å². The van der Waals surface area contributed by atoms with Crippen molar-refractivity contribution in [2.75, 3.05) is 13.1 Å². The van der Waals surface area contributed by atoms with Gasteiger partial charge in [0.1, 0.15) is 0 Å². The molecule has 0 spiro atoms. The largest absolute Gasteiger partial charge is 0.317 e. The number of hydrogen-bond donors (Lipinski definition) is 1. The Morgan fingerprint density at radius 2 is 1.60 bits per heavy atom. The summed E-state index contributed by atoms with van der Waals surface area (Å²) in [5.41, 5.74) is 0. The van der Waals surface area contributed by atoms with E-state index < -0.39 is 0 Å². The van der Waals surface area contributed by atoms with Crippen molar-refractivity contribution < 1.29 is 0 Å². The minimum absolute atomic E-state index is 1.00. The first-order chi connectivity index (χ1) is 7.42. The van der Waals surface area contributed by atoms with Gasteiger partial charge in [0.15, 0.2) is 0 Å². The van der Waals surface area contributed by atoms with Gasteiger partial charge in [0.25, 0.3) is 0 Å². The average molecular weight is 209 g/mol. The van der Waals surface area contributed by atoms with Gasteiger partial charge >= 0.3 is 0 Å². The molecule has 2 fully saturated rings. The molecule has 0 aromatic carbocycles. The summed E-state index contributed by atoms with van der Waals surface area (Å²) >= 11 is 0. The third kappa shape index (κ3) is 2.96. The van der Waals surface area contributed by atoms with Crippen LogP contribution in [0.5, 0.6) is 0 Å². The van der Waals surface area contributed by atoms with Crippen LogP contribution in [0.15, 0.2) is 0 Å². The van der Waals surface area contributed by atoms with Crippen LogP contribution in [0.25, 0.3) is 0 Å². The monoisotopic (exact) mass is 209 g/mol. The SMILES string of the molecule is CCNCC1CCCCC1C1CCCC1. The molecule has 15 heavy (non-hydrogen) atoms. The molecule has 0 amide bonds. The van der Waals surface area contributed by atoms with Crippen LogP contribution in [0.4, 0.5) is 0 Å². The molecule has 0 heterocycles. The van der Waals surface area contributed by atoms with Crippen molar-refractivity contribution >= 4 is 0 Å². The summed E-state index contributed by atoms with van der Waals surface area (Å²) in [7, 11) is 0. The van der Waals surface area contributed by atoms with Crippen molar-refractivity contribution in [2.24, 2.45) is 17.8 Å². The van der Waals surface area contributed by atoms with Crippen molar-refractivity contribution in [1.82, 2.24) is 5.32 Å². The fraction of sp³-hybridized carbons (Fsp3) is 1.00. The predicted molar refractivity (Wildman–Crippen MR) is 65.9 cm³/mol. The summed E-state index contributed by atoms with van der Waals surface area (Å²) in [5, 5.41) is 3.57. The van der Waals surface area contributed by atoms with Gasteiger partial charge in [-0.25, -0.2) is 0 Å². The first kappa shape index (κ1) is 11.4. The molecule has 2 saturated carbocycles. The Labute approximate surface area is 95.0 Å². The van der Waals surface area contributed by atoms with Crippen molar-refractivity contribution in [3.63, 3.8) is 0 Å². The highest BCUT2D eigenvalue weighted by molar-refractivity contribution is 4.84. The van der Waals surface area contributed by atoms with Crippen LogP contribution in [0.1, 0.15) is 58.3 Å². The van der Waals surface area contributed by atoms with Gasteiger partial charge in [0.05, 0.1) is 0 Å². The van der Waals surface area contributed by atoms with E-state index in [0.717, 1.165) is 24.3 Å². The minimum atomic E-state index is 1.00. The molecule has 0 bridgehead atoms. The molecule has 0 aliphatic heterocycles. The van der Waals surface area contributed by atoms with Crippen LogP contribution in [-0.4, -0.2) is 13.1 Å². The molecular weight excluding hydrogens is 182 g/mol. The van der Waals surface area contributed by atoms with E-state index in [1.807, 2.05) is 0 Å². The Kier molecular flexibility index (Phi) is 4.49. The van der Waals surface area contributed by atoms with Gasteiger partial charge in [-0.15, -0.1) is 0 Å². The Bertz CT molecular complexity index is 172. The van der Waals surface area contributed by atoms with Crippen LogP contribution >= 0.6 is 0 Å². The fourth-order valence-corrected chi connectivity index (χ4v) is 3.83. The Morgan fingerprint density at radius 1 is 0.933 bits per heavy atom. The van der Waals surface area contributed by atoms with Crippen molar-refractivity contribution in [1.29, 1.82) is 0 Å². The van der Waals surface area contributed by atoms with Gasteiger partial charge in [-0.1, -0.05) is 45.4 Å². The lowest BCUT2D eigenvalue weighted by Gasteiger charge is -2.36. The van der Waals surface area contributed by atoms with E-state index in [2.05, 4.69) is 12.2 Å². The normalized spacial score (nSPS) is 33.4. The molecule has 2 rings (SSSR count). The van der Waals surface area contributed by atoms with Gasteiger partial charge in [-0.2, -0.15) is 0 Å². The lowest BCUT2D eigenvalue weighted by Crippen LogP contribution is -2.33. The third-order valence-electron chi connectivity index (χ3n) is 4.63. The van der Waals surface area contributed by atoms with Gasteiger partial charge in [-0.05, 0) is 43.7 Å². The first-order valence-corrected chi connectivity index (χ1v) is 7.12. The average Bonchev–Trinajstić information content (AvgIpc) is 2.80. The van der Waals surface area contributed by atoms with Crippen LogP contribution in [0, 0.1) is 17.8 Å². The maximum absolute atomic E-state index is 3.57. The molecule has 1 N–H and O–H groups in total.